The van der Waals surface area contributed by atoms with Crippen molar-refractivity contribution in [2.75, 3.05) is 14.2 Å². The molecule has 1 aromatic rings. The number of carbonyl (C=O) groups is 2. The first-order valence-corrected chi connectivity index (χ1v) is 7.12. The molecule has 0 radical (unpaired) electrons. The smallest absolute Gasteiger partial charge is 0.326 e. The van der Waals surface area contributed by atoms with Crippen molar-refractivity contribution in [2.45, 2.75) is 32.7 Å². The highest BCUT2D eigenvalue weighted by atomic mass is 16.5. The zero-order valence-corrected chi connectivity index (χ0v) is 13.4. The van der Waals surface area contributed by atoms with Gasteiger partial charge in [-0.2, -0.15) is 0 Å². The lowest BCUT2D eigenvalue weighted by molar-refractivity contribution is -0.143. The second-order valence-electron chi connectivity index (χ2n) is 5.31. The molecule has 122 valence electrons. The average molecular weight is 309 g/mol. The van der Waals surface area contributed by atoms with Gasteiger partial charge in [0.15, 0.2) is 0 Å². The van der Waals surface area contributed by atoms with Gasteiger partial charge in [-0.05, 0) is 36.1 Å². The van der Waals surface area contributed by atoms with E-state index in [1.165, 1.54) is 0 Å². The zero-order valence-electron chi connectivity index (χ0n) is 13.4. The summed E-state index contributed by atoms with van der Waals surface area (Å²) in [6, 6.07) is 4.49. The molecule has 0 aliphatic rings. The molecule has 0 bridgehead atoms. The number of ether oxygens (including phenoxy) is 2. The van der Waals surface area contributed by atoms with Crippen LogP contribution in [0.25, 0.3) is 0 Å². The van der Waals surface area contributed by atoms with E-state index in [4.69, 9.17) is 14.6 Å². The number of aliphatic carboxylic acids is 1. The van der Waals surface area contributed by atoms with Crippen molar-refractivity contribution in [3.63, 3.8) is 0 Å². The van der Waals surface area contributed by atoms with E-state index in [1.807, 2.05) is 6.07 Å². The van der Waals surface area contributed by atoms with Gasteiger partial charge in [-0.1, -0.05) is 13.8 Å². The van der Waals surface area contributed by atoms with Crippen molar-refractivity contribution >= 4 is 11.9 Å². The third-order valence-electron chi connectivity index (χ3n) is 3.36. The predicted octanol–water partition coefficient (Wildman–Crippen LogP) is 1.86. The van der Waals surface area contributed by atoms with Crippen LogP contribution in [0.5, 0.6) is 11.5 Å². The molecule has 0 fully saturated rings. The van der Waals surface area contributed by atoms with Gasteiger partial charge in [0.05, 0.1) is 14.2 Å². The summed E-state index contributed by atoms with van der Waals surface area (Å²) in [5, 5.41) is 11.6. The van der Waals surface area contributed by atoms with Crippen LogP contribution in [0.15, 0.2) is 18.2 Å². The molecule has 0 saturated heterocycles. The number of methoxy groups -OCH3 is 2. The third kappa shape index (κ3) is 4.95. The Labute approximate surface area is 130 Å². The van der Waals surface area contributed by atoms with Crippen molar-refractivity contribution in [3.05, 3.63) is 23.8 Å². The maximum absolute atomic E-state index is 11.9. The minimum atomic E-state index is -1.03. The van der Waals surface area contributed by atoms with Crippen molar-refractivity contribution < 1.29 is 24.2 Å². The SMILES string of the molecule is COc1ccc(OC)c(CCC(=O)NC(C(=O)O)C(C)C)c1. The zero-order chi connectivity index (χ0) is 16.7. The number of amides is 1. The number of hydrogen-bond donors (Lipinski definition) is 2. The second-order valence-corrected chi connectivity index (χ2v) is 5.31. The normalized spacial score (nSPS) is 11.9. The van der Waals surface area contributed by atoms with E-state index in [0.29, 0.717) is 17.9 Å². The van der Waals surface area contributed by atoms with Crippen LogP contribution in [0.4, 0.5) is 0 Å². The summed E-state index contributed by atoms with van der Waals surface area (Å²) in [7, 11) is 3.13. The van der Waals surface area contributed by atoms with Crippen LogP contribution in [0, 0.1) is 5.92 Å². The van der Waals surface area contributed by atoms with Crippen LogP contribution in [0.1, 0.15) is 25.8 Å². The molecule has 1 rings (SSSR count). The molecule has 6 heteroatoms. The van der Waals surface area contributed by atoms with Crippen molar-refractivity contribution in [1.29, 1.82) is 0 Å². The van der Waals surface area contributed by atoms with Crippen LogP contribution in [0.2, 0.25) is 0 Å². The number of carbonyl (C=O) groups excluding carboxylic acids is 1. The molecule has 0 heterocycles. The highest BCUT2D eigenvalue weighted by Crippen LogP contribution is 2.25. The Morgan fingerprint density at radius 3 is 2.41 bits per heavy atom. The van der Waals surface area contributed by atoms with E-state index < -0.39 is 12.0 Å². The lowest BCUT2D eigenvalue weighted by Gasteiger charge is -2.18. The van der Waals surface area contributed by atoms with Crippen molar-refractivity contribution in [2.24, 2.45) is 5.92 Å². The first-order valence-electron chi connectivity index (χ1n) is 7.12. The maximum Gasteiger partial charge on any atom is 0.326 e. The lowest BCUT2D eigenvalue weighted by Crippen LogP contribution is -2.44. The second kappa shape index (κ2) is 8.26. The quantitative estimate of drug-likeness (QED) is 0.765. The van der Waals surface area contributed by atoms with Gasteiger partial charge in [-0.15, -0.1) is 0 Å². The maximum atomic E-state index is 11.9. The van der Waals surface area contributed by atoms with Crippen LogP contribution < -0.4 is 14.8 Å². The van der Waals surface area contributed by atoms with Crippen LogP contribution in [-0.4, -0.2) is 37.2 Å². The van der Waals surface area contributed by atoms with Gasteiger partial charge < -0.3 is 19.9 Å². The van der Waals surface area contributed by atoms with Gasteiger partial charge >= 0.3 is 5.97 Å². The van der Waals surface area contributed by atoms with Gasteiger partial charge in [-0.25, -0.2) is 4.79 Å². The van der Waals surface area contributed by atoms with Crippen molar-refractivity contribution in [1.82, 2.24) is 5.32 Å². The molecule has 0 aromatic heterocycles. The fourth-order valence-corrected chi connectivity index (χ4v) is 2.08. The van der Waals surface area contributed by atoms with Gasteiger partial charge in [0.25, 0.3) is 0 Å². The predicted molar refractivity (Wildman–Crippen MR) is 82.3 cm³/mol. The topological polar surface area (TPSA) is 84.9 Å². The molecule has 22 heavy (non-hydrogen) atoms. The Hall–Kier alpha value is -2.24. The number of carboxylic acid groups (broad SMARTS) is 1. The van der Waals surface area contributed by atoms with Crippen molar-refractivity contribution in [3.8, 4) is 11.5 Å². The molecule has 2 N–H and O–H groups in total. The Bertz CT molecular complexity index is 527. The third-order valence-corrected chi connectivity index (χ3v) is 3.36. The Morgan fingerprint density at radius 1 is 1.23 bits per heavy atom. The Morgan fingerprint density at radius 2 is 1.91 bits per heavy atom. The molecule has 0 aliphatic carbocycles. The van der Waals surface area contributed by atoms with E-state index in [9.17, 15) is 9.59 Å². The number of rotatable bonds is 8. The van der Waals surface area contributed by atoms with E-state index in [1.54, 1.807) is 40.2 Å². The largest absolute Gasteiger partial charge is 0.497 e. The summed E-state index contributed by atoms with van der Waals surface area (Å²) in [5.74, 6) is -0.143. The number of aryl methyl sites for hydroxylation is 1. The molecule has 1 unspecified atom stereocenters. The molecule has 0 spiro atoms. The Kier molecular flexibility index (Phi) is 6.69. The molecular formula is C16H23NO5. The van der Waals surface area contributed by atoms with Gasteiger partial charge in [0.1, 0.15) is 17.5 Å². The standard InChI is InChI=1S/C16H23NO5/c1-10(2)15(16(19)20)17-14(18)8-5-11-9-12(21-3)6-7-13(11)22-4/h6-7,9-10,15H,5,8H2,1-4H3,(H,17,18)(H,19,20). The number of hydrogen-bond acceptors (Lipinski definition) is 4. The monoisotopic (exact) mass is 309 g/mol. The Balaban J connectivity index is 2.69. The van der Waals surface area contributed by atoms with E-state index in [0.717, 1.165) is 5.56 Å². The number of benzene rings is 1. The van der Waals surface area contributed by atoms with E-state index in [-0.39, 0.29) is 18.2 Å². The molecule has 0 aliphatic heterocycles. The fourth-order valence-electron chi connectivity index (χ4n) is 2.08. The van der Waals surface area contributed by atoms with Crippen LogP contribution >= 0.6 is 0 Å². The molecule has 1 atom stereocenters. The fraction of sp³-hybridized carbons (Fsp3) is 0.500. The minimum absolute atomic E-state index is 0.173. The van der Waals surface area contributed by atoms with Gasteiger partial charge in [-0.3, -0.25) is 4.79 Å². The number of nitrogens with one attached hydrogen (secondary N) is 1. The highest BCUT2D eigenvalue weighted by Gasteiger charge is 2.23. The molecule has 1 amide bonds. The molecule has 0 saturated carbocycles. The van der Waals surface area contributed by atoms with Gasteiger partial charge in [0, 0.05) is 6.42 Å². The van der Waals surface area contributed by atoms with Crippen LogP contribution in [0.3, 0.4) is 0 Å². The summed E-state index contributed by atoms with van der Waals surface area (Å²) in [6.45, 7) is 3.51. The van der Waals surface area contributed by atoms with Gasteiger partial charge in [0.2, 0.25) is 5.91 Å². The molecule has 1 aromatic carbocycles. The first kappa shape index (κ1) is 17.8. The summed E-state index contributed by atoms with van der Waals surface area (Å²) < 4.78 is 10.4. The molecular weight excluding hydrogens is 286 g/mol. The highest BCUT2D eigenvalue weighted by molar-refractivity contribution is 5.83. The van der Waals surface area contributed by atoms with Crippen LogP contribution in [-0.2, 0) is 16.0 Å². The number of carboxylic acids is 1. The summed E-state index contributed by atoms with van der Waals surface area (Å²) in [4.78, 5) is 23.0. The average Bonchev–Trinajstić information content (AvgIpc) is 2.49. The van der Waals surface area contributed by atoms with E-state index >= 15 is 0 Å². The van der Waals surface area contributed by atoms with E-state index in [2.05, 4.69) is 5.32 Å². The summed E-state index contributed by atoms with van der Waals surface area (Å²) in [5.41, 5.74) is 0.841. The summed E-state index contributed by atoms with van der Waals surface area (Å²) in [6.07, 6.45) is 0.622. The lowest BCUT2D eigenvalue weighted by atomic mass is 10.0. The minimum Gasteiger partial charge on any atom is -0.497 e. The first-order chi connectivity index (χ1) is 10.4. The molecule has 6 nitrogen and oxygen atoms in total. The summed E-state index contributed by atoms with van der Waals surface area (Å²) >= 11 is 0.